The zero-order chi connectivity index (χ0) is 15.4. The molecular weight excluding hydrogens is 260 g/mol. The molecule has 0 aromatic rings. The highest BCUT2D eigenvalue weighted by Gasteiger charge is 2.40. The molecule has 4 unspecified atom stereocenters. The van der Waals surface area contributed by atoms with Gasteiger partial charge in [-0.15, -0.1) is 0 Å². The third-order valence-corrected chi connectivity index (χ3v) is 5.22. The first kappa shape index (κ1) is 19.2. The van der Waals surface area contributed by atoms with Gasteiger partial charge in [0.25, 0.3) is 0 Å². The lowest BCUT2D eigenvalue weighted by atomic mass is 9.66. The third kappa shape index (κ3) is 5.99. The molecule has 4 heteroatoms. The van der Waals surface area contributed by atoms with Gasteiger partial charge >= 0.3 is 0 Å². The van der Waals surface area contributed by atoms with Crippen LogP contribution in [0.3, 0.4) is 0 Å². The molecule has 0 saturated carbocycles. The molecule has 3 nitrogen and oxygen atoms in total. The van der Waals surface area contributed by atoms with Gasteiger partial charge in [0.05, 0.1) is 11.8 Å². The topological polar surface area (TPSA) is 64.6 Å². The van der Waals surface area contributed by atoms with Crippen LogP contribution in [0.4, 0.5) is 0 Å². The zero-order valence-electron chi connectivity index (χ0n) is 13.7. The molecule has 1 fully saturated rings. The van der Waals surface area contributed by atoms with E-state index in [2.05, 4.69) is 39.4 Å². The molecule has 116 valence electrons. The highest BCUT2D eigenvalue weighted by molar-refractivity contribution is 6.21. The number of halogens is 1. The number of epoxide rings is 1. The monoisotopic (exact) mass is 292 g/mol. The smallest absolute Gasteiger partial charge is 0.157 e. The fraction of sp³-hybridized carbons (Fsp3) is 1.00. The number of rotatable bonds is 5. The van der Waals surface area contributed by atoms with Crippen molar-refractivity contribution in [1.82, 2.24) is 0 Å². The van der Waals surface area contributed by atoms with E-state index in [0.717, 1.165) is 0 Å². The second kappa shape index (κ2) is 7.26. The Kier molecular flexibility index (Phi) is 7.32. The Morgan fingerprint density at radius 1 is 1.21 bits per heavy atom. The average molecular weight is 293 g/mol. The quantitative estimate of drug-likeness (QED) is 0.461. The van der Waals surface area contributed by atoms with Crippen molar-refractivity contribution < 1.29 is 4.74 Å². The molecule has 1 saturated heterocycles. The summed E-state index contributed by atoms with van der Waals surface area (Å²) in [4.78, 5) is 0. The van der Waals surface area contributed by atoms with E-state index in [1.165, 1.54) is 12.8 Å². The molecule has 0 aromatic heterocycles. The Hall–Kier alpha value is 0.170. The van der Waals surface area contributed by atoms with Crippen LogP contribution in [0.5, 0.6) is 0 Å². The normalized spacial score (nSPS) is 26.2. The Morgan fingerprint density at radius 2 is 1.58 bits per heavy atom. The summed E-state index contributed by atoms with van der Waals surface area (Å²) in [6.45, 7) is 15.0. The molecule has 1 aliphatic heterocycles. The second-order valence-electron chi connectivity index (χ2n) is 6.75. The molecule has 1 aliphatic rings. The molecule has 4 atom stereocenters. The van der Waals surface area contributed by atoms with Crippen molar-refractivity contribution in [2.24, 2.45) is 28.7 Å². The maximum Gasteiger partial charge on any atom is 0.157 e. The Morgan fingerprint density at radius 3 is 1.79 bits per heavy atom. The molecule has 0 spiro atoms. The Balaban J connectivity index is 0.000000532. The van der Waals surface area contributed by atoms with Gasteiger partial charge in [0.15, 0.2) is 5.56 Å². The van der Waals surface area contributed by atoms with Crippen LogP contribution in [0.15, 0.2) is 0 Å². The van der Waals surface area contributed by atoms with Crippen molar-refractivity contribution in [1.29, 1.82) is 0 Å². The van der Waals surface area contributed by atoms with E-state index in [9.17, 15) is 0 Å². The molecule has 4 N–H and O–H groups in total. The molecule has 0 bridgehead atoms. The van der Waals surface area contributed by atoms with Crippen molar-refractivity contribution in [3.05, 3.63) is 0 Å². The largest absolute Gasteiger partial charge is 0.353 e. The van der Waals surface area contributed by atoms with Gasteiger partial charge < -0.3 is 16.2 Å². The molecule has 1 heterocycles. The van der Waals surface area contributed by atoms with E-state index in [1.54, 1.807) is 0 Å². The van der Waals surface area contributed by atoms with E-state index < -0.39 is 5.66 Å². The van der Waals surface area contributed by atoms with E-state index in [1.807, 2.05) is 13.8 Å². The van der Waals surface area contributed by atoms with Crippen LogP contribution < -0.4 is 11.5 Å². The van der Waals surface area contributed by atoms with Gasteiger partial charge in [-0.05, 0) is 31.1 Å². The zero-order valence-corrected chi connectivity index (χ0v) is 14.4. The fourth-order valence-corrected chi connectivity index (χ4v) is 2.23. The van der Waals surface area contributed by atoms with Crippen LogP contribution in [0.1, 0.15) is 61.3 Å². The summed E-state index contributed by atoms with van der Waals surface area (Å²) in [5.41, 5.74) is 11.4. The Labute approximate surface area is 124 Å². The summed E-state index contributed by atoms with van der Waals surface area (Å²) < 4.78 is 4.68. The summed E-state index contributed by atoms with van der Waals surface area (Å²) in [5, 5.41) is 0. The first-order valence-corrected chi connectivity index (χ1v) is 7.76. The van der Waals surface area contributed by atoms with Crippen molar-refractivity contribution in [3.63, 3.8) is 0 Å². The molecule has 0 aromatic carbocycles. The number of alkyl halides is 1. The number of hydrogen-bond donors (Lipinski definition) is 2. The summed E-state index contributed by atoms with van der Waals surface area (Å²) in [5.74, 6) is 1.23. The lowest BCUT2D eigenvalue weighted by Crippen LogP contribution is -2.60. The van der Waals surface area contributed by atoms with Crippen molar-refractivity contribution in [2.75, 3.05) is 0 Å². The van der Waals surface area contributed by atoms with Gasteiger partial charge in [0.2, 0.25) is 0 Å². The summed E-state index contributed by atoms with van der Waals surface area (Å²) in [7, 11) is 0. The van der Waals surface area contributed by atoms with E-state index >= 15 is 0 Å². The van der Waals surface area contributed by atoms with Gasteiger partial charge in [-0.25, -0.2) is 0 Å². The first-order chi connectivity index (χ1) is 8.45. The number of ether oxygens (including phenoxy) is 1. The van der Waals surface area contributed by atoms with E-state index in [4.69, 9.17) is 23.1 Å². The fourth-order valence-electron chi connectivity index (χ4n) is 2.07. The highest BCUT2D eigenvalue weighted by atomic mass is 35.5. The first-order valence-electron chi connectivity index (χ1n) is 7.32. The van der Waals surface area contributed by atoms with Crippen LogP contribution in [-0.2, 0) is 4.74 Å². The Bertz CT molecular complexity index is 257. The minimum atomic E-state index is -0.603. The van der Waals surface area contributed by atoms with Crippen LogP contribution in [0.2, 0.25) is 0 Å². The van der Waals surface area contributed by atoms with Crippen molar-refractivity contribution in [3.8, 4) is 0 Å². The van der Waals surface area contributed by atoms with Crippen molar-refractivity contribution >= 4 is 11.6 Å². The van der Waals surface area contributed by atoms with E-state index in [-0.39, 0.29) is 11.0 Å². The third-order valence-electron chi connectivity index (χ3n) is 4.76. The van der Waals surface area contributed by atoms with Gasteiger partial charge in [-0.2, -0.15) is 0 Å². The standard InChI is InChI=1S/C12H28N2.C3H5ClO/c1-7-8-9(2)10(3)11(4,5)12(6,13)14;1-2-3(4)5-2/h9-10H,7-8,13-14H2,1-6H3;2-3H,1H3. The maximum absolute atomic E-state index is 6.03. The van der Waals surface area contributed by atoms with Crippen molar-refractivity contribution in [2.45, 2.75) is 78.6 Å². The van der Waals surface area contributed by atoms with Gasteiger partial charge in [0, 0.05) is 0 Å². The van der Waals surface area contributed by atoms with Crippen LogP contribution in [-0.4, -0.2) is 17.3 Å². The lowest BCUT2D eigenvalue weighted by Gasteiger charge is -2.45. The predicted octanol–water partition coefficient (Wildman–Crippen LogP) is 3.69. The number of hydrogen-bond acceptors (Lipinski definition) is 3. The molecule has 19 heavy (non-hydrogen) atoms. The lowest BCUT2D eigenvalue weighted by molar-refractivity contribution is 0.0705. The predicted molar refractivity (Wildman–Crippen MR) is 84.0 cm³/mol. The summed E-state index contributed by atoms with van der Waals surface area (Å²) in [6.07, 6.45) is 2.80. The minimum absolute atomic E-state index is 0.0231. The van der Waals surface area contributed by atoms with Crippen LogP contribution in [0.25, 0.3) is 0 Å². The van der Waals surface area contributed by atoms with Crippen LogP contribution in [0, 0.1) is 17.3 Å². The second-order valence-corrected chi connectivity index (χ2v) is 7.18. The van der Waals surface area contributed by atoms with E-state index in [0.29, 0.717) is 17.9 Å². The molecule has 1 rings (SSSR count). The average Bonchev–Trinajstić information content (AvgIpc) is 2.90. The SMILES string of the molecule is CC1OC1Cl.CCCC(C)C(C)C(C)(C)C(C)(N)N. The summed E-state index contributed by atoms with van der Waals surface area (Å²) >= 11 is 5.31. The summed E-state index contributed by atoms with van der Waals surface area (Å²) in [6, 6.07) is 0. The number of nitrogens with two attached hydrogens (primary N) is 2. The van der Waals surface area contributed by atoms with Crippen LogP contribution >= 0.6 is 11.6 Å². The van der Waals surface area contributed by atoms with Gasteiger partial charge in [-0.3, -0.25) is 0 Å². The highest BCUT2D eigenvalue weighted by Crippen LogP contribution is 2.39. The molecule has 0 aliphatic carbocycles. The maximum atomic E-state index is 6.03. The molecule has 0 radical (unpaired) electrons. The van der Waals surface area contributed by atoms with Gasteiger partial charge in [-0.1, -0.05) is 59.1 Å². The van der Waals surface area contributed by atoms with Gasteiger partial charge in [0.1, 0.15) is 0 Å². The molecule has 0 amide bonds. The molecular formula is C15H33ClN2O. The minimum Gasteiger partial charge on any atom is -0.353 e.